The largest absolute Gasteiger partial charge is 0.481 e. The number of nitrogens with zero attached hydrogens (tertiary/aromatic N) is 1. The molecular weight excluding hydrogens is 562 g/mol. The number of carboxylic acid groups (broad SMARTS) is 1. The van der Waals surface area contributed by atoms with E-state index in [1.807, 2.05) is 12.1 Å². The summed E-state index contributed by atoms with van der Waals surface area (Å²) in [5.74, 6) is -1.40. The zero-order chi connectivity index (χ0) is 29.5. The van der Waals surface area contributed by atoms with Crippen LogP contribution in [0.25, 0.3) is 21.2 Å². The number of nitrogens with one attached hydrogen (secondary N) is 2. The van der Waals surface area contributed by atoms with Gasteiger partial charge in [0.2, 0.25) is 10.0 Å². The number of aliphatic carboxylic acids is 1. The zero-order valence-corrected chi connectivity index (χ0v) is 25.3. The number of sulfonamides is 1. The van der Waals surface area contributed by atoms with Crippen LogP contribution in [0.3, 0.4) is 0 Å². The third-order valence-electron chi connectivity index (χ3n) is 7.99. The molecule has 0 spiro atoms. The van der Waals surface area contributed by atoms with Gasteiger partial charge < -0.3 is 10.4 Å². The first-order valence-electron chi connectivity index (χ1n) is 14.2. The molecule has 1 aromatic heterocycles. The van der Waals surface area contributed by atoms with Crippen molar-refractivity contribution >= 4 is 44.0 Å². The summed E-state index contributed by atoms with van der Waals surface area (Å²) in [4.78, 5) is 25.4. The fraction of sp³-hybridized carbons (Fsp3) is 0.500. The highest BCUT2D eigenvalue weighted by molar-refractivity contribution is 7.89. The molecule has 1 heterocycles. The number of thiazole rings is 1. The summed E-state index contributed by atoms with van der Waals surface area (Å²) >= 11 is 1.18. The number of hydrogen-bond donors (Lipinski definition) is 4. The van der Waals surface area contributed by atoms with Crippen LogP contribution in [0.15, 0.2) is 41.3 Å². The molecule has 9 nitrogen and oxygen atoms in total. The molecule has 4 N–H and O–H groups in total. The van der Waals surface area contributed by atoms with E-state index in [4.69, 9.17) is 0 Å². The standard InChI is InChI=1S/C30H37N3O6S2/c1-30(2,3)32-41(38,39)25-14-13-23(21-11-7-8-12-22(21)25)26-24(15-18-9-5-4-6-10-18)33(37)28(40-26)27(34)31-20-16-19(17-20)29(35)36/h7-8,11-14,18-20,32H,4-6,9-10,15-17H2,1-3H3,(H2-,31,34,35,36,37)/p+1. The molecule has 2 fully saturated rings. The van der Waals surface area contributed by atoms with Crippen LogP contribution < -0.4 is 14.8 Å². The van der Waals surface area contributed by atoms with E-state index in [1.54, 1.807) is 45.0 Å². The number of aromatic nitrogens is 1. The predicted molar refractivity (Wildman–Crippen MR) is 157 cm³/mol. The average Bonchev–Trinajstić information content (AvgIpc) is 3.19. The van der Waals surface area contributed by atoms with Gasteiger partial charge >= 0.3 is 16.9 Å². The van der Waals surface area contributed by atoms with Gasteiger partial charge in [0.1, 0.15) is 4.88 Å². The lowest BCUT2D eigenvalue weighted by molar-refractivity contribution is -0.907. The molecule has 0 bridgehead atoms. The van der Waals surface area contributed by atoms with Crippen LogP contribution in [0.4, 0.5) is 0 Å². The molecule has 2 aromatic carbocycles. The first-order valence-corrected chi connectivity index (χ1v) is 16.5. The Hall–Kier alpha value is -3.02. The number of benzene rings is 2. The summed E-state index contributed by atoms with van der Waals surface area (Å²) in [5, 5.41) is 24.8. The van der Waals surface area contributed by atoms with E-state index >= 15 is 0 Å². The minimum absolute atomic E-state index is 0.125. The summed E-state index contributed by atoms with van der Waals surface area (Å²) < 4.78 is 30.4. The Balaban J connectivity index is 1.57. The number of carbonyl (C=O) groups is 2. The molecule has 0 atom stereocenters. The van der Waals surface area contributed by atoms with Crippen molar-refractivity contribution in [2.45, 2.75) is 88.6 Å². The van der Waals surface area contributed by atoms with Gasteiger partial charge in [0, 0.05) is 33.7 Å². The molecule has 2 aliphatic carbocycles. The molecule has 41 heavy (non-hydrogen) atoms. The smallest absolute Gasteiger partial charge is 0.377 e. The Morgan fingerprint density at radius 2 is 1.68 bits per heavy atom. The van der Waals surface area contributed by atoms with Crippen LogP contribution >= 0.6 is 11.3 Å². The van der Waals surface area contributed by atoms with E-state index in [-0.39, 0.29) is 15.9 Å². The molecule has 5 rings (SSSR count). The van der Waals surface area contributed by atoms with Crippen molar-refractivity contribution in [1.29, 1.82) is 0 Å². The van der Waals surface area contributed by atoms with Crippen molar-refractivity contribution in [3.63, 3.8) is 0 Å². The number of carboxylic acids is 1. The summed E-state index contributed by atoms with van der Waals surface area (Å²) in [6, 6.07) is 10.4. The van der Waals surface area contributed by atoms with Gasteiger partial charge in [-0.15, -0.1) is 0 Å². The maximum atomic E-state index is 13.3. The van der Waals surface area contributed by atoms with Gasteiger partial charge in [0.15, 0.2) is 0 Å². The van der Waals surface area contributed by atoms with Crippen molar-refractivity contribution < 1.29 is 33.1 Å². The third-order valence-corrected chi connectivity index (χ3v) is 11.0. The number of amides is 1. The van der Waals surface area contributed by atoms with E-state index in [9.17, 15) is 28.3 Å². The topological polar surface area (TPSA) is 137 Å². The van der Waals surface area contributed by atoms with E-state index in [0.717, 1.165) is 40.9 Å². The van der Waals surface area contributed by atoms with Crippen molar-refractivity contribution in [2.24, 2.45) is 11.8 Å². The summed E-state index contributed by atoms with van der Waals surface area (Å²) in [6.45, 7) is 5.38. The molecule has 1 amide bonds. The minimum Gasteiger partial charge on any atom is -0.481 e. The lowest BCUT2D eigenvalue weighted by Gasteiger charge is -2.32. The van der Waals surface area contributed by atoms with E-state index < -0.39 is 33.4 Å². The second-order valence-corrected chi connectivity index (χ2v) is 15.0. The van der Waals surface area contributed by atoms with Gasteiger partial charge in [0.05, 0.1) is 10.8 Å². The maximum Gasteiger partial charge on any atom is 0.377 e. The first-order chi connectivity index (χ1) is 19.3. The quantitative estimate of drug-likeness (QED) is 0.215. The molecule has 0 radical (unpaired) electrons. The van der Waals surface area contributed by atoms with Crippen LogP contribution in [-0.2, 0) is 21.2 Å². The monoisotopic (exact) mass is 600 g/mol. The summed E-state index contributed by atoms with van der Waals surface area (Å²) in [5.41, 5.74) is 0.731. The molecule has 0 saturated heterocycles. The Kier molecular flexibility index (Phi) is 8.15. The second-order valence-electron chi connectivity index (χ2n) is 12.4. The number of fused-ring (bicyclic) bond motifs is 1. The second kappa shape index (κ2) is 11.3. The number of hydrogen-bond acceptors (Lipinski definition) is 6. The lowest BCUT2D eigenvalue weighted by atomic mass is 9.80. The van der Waals surface area contributed by atoms with Crippen molar-refractivity contribution in [3.05, 3.63) is 47.1 Å². The Morgan fingerprint density at radius 1 is 1.02 bits per heavy atom. The van der Waals surface area contributed by atoms with Crippen LogP contribution in [0, 0.1) is 11.8 Å². The molecule has 3 aromatic rings. The van der Waals surface area contributed by atoms with Gasteiger partial charge in [-0.3, -0.25) is 14.8 Å². The zero-order valence-electron chi connectivity index (χ0n) is 23.6. The van der Waals surface area contributed by atoms with Gasteiger partial charge in [-0.2, -0.15) is 0 Å². The van der Waals surface area contributed by atoms with Crippen LogP contribution in [-0.4, -0.2) is 42.2 Å². The van der Waals surface area contributed by atoms with Crippen LogP contribution in [0.1, 0.15) is 81.2 Å². The van der Waals surface area contributed by atoms with Gasteiger partial charge in [-0.1, -0.05) is 60.9 Å². The van der Waals surface area contributed by atoms with E-state index in [0.29, 0.717) is 41.6 Å². The SMILES string of the molecule is CC(C)(C)NS(=O)(=O)c1ccc(-c2sc(C(=O)NC3CC(C(=O)O)C3)[n+](O)c2CC2CCCCC2)c2ccccc12. The molecule has 0 unspecified atom stereocenters. The highest BCUT2D eigenvalue weighted by Gasteiger charge is 2.40. The van der Waals surface area contributed by atoms with Crippen LogP contribution in [0.5, 0.6) is 0 Å². The Morgan fingerprint density at radius 3 is 2.32 bits per heavy atom. The third kappa shape index (κ3) is 6.27. The van der Waals surface area contributed by atoms with Crippen molar-refractivity contribution in [3.8, 4) is 10.4 Å². The highest BCUT2D eigenvalue weighted by atomic mass is 32.2. The van der Waals surface area contributed by atoms with Gasteiger partial charge in [-0.05, 0) is 63.8 Å². The maximum absolute atomic E-state index is 13.3. The predicted octanol–water partition coefficient (Wildman–Crippen LogP) is 4.89. The fourth-order valence-electron chi connectivity index (χ4n) is 5.96. The summed E-state index contributed by atoms with van der Waals surface area (Å²) in [6.07, 6.45) is 6.88. The number of carbonyl (C=O) groups excluding carboxylic acids is 1. The van der Waals surface area contributed by atoms with E-state index in [2.05, 4.69) is 10.0 Å². The average molecular weight is 601 g/mol. The lowest BCUT2D eigenvalue weighted by Crippen LogP contribution is -2.50. The molecule has 0 aliphatic heterocycles. The van der Waals surface area contributed by atoms with Crippen molar-refractivity contribution in [2.75, 3.05) is 0 Å². The Bertz CT molecular complexity index is 1580. The molecular formula is C30H38N3O6S2+. The fourth-order valence-corrected chi connectivity index (χ4v) is 8.71. The molecule has 2 aliphatic rings. The molecule has 220 valence electrons. The number of rotatable bonds is 8. The van der Waals surface area contributed by atoms with E-state index in [1.165, 1.54) is 17.8 Å². The van der Waals surface area contributed by atoms with Crippen LogP contribution in [0.2, 0.25) is 0 Å². The Labute approximate surface area is 244 Å². The first kappa shape index (κ1) is 29.5. The van der Waals surface area contributed by atoms with Gasteiger partial charge in [-0.25, -0.2) is 13.1 Å². The van der Waals surface area contributed by atoms with Crippen molar-refractivity contribution in [1.82, 2.24) is 10.0 Å². The minimum atomic E-state index is -3.82. The normalized spacial score (nSPS) is 20.1. The highest BCUT2D eigenvalue weighted by Crippen LogP contribution is 2.39. The molecule has 2 saturated carbocycles. The van der Waals surface area contributed by atoms with Gasteiger partial charge in [0.25, 0.3) is 5.69 Å². The molecule has 11 heteroatoms. The summed E-state index contributed by atoms with van der Waals surface area (Å²) in [7, 11) is -3.82.